The van der Waals surface area contributed by atoms with E-state index in [1.165, 1.54) is 12.1 Å². The van der Waals surface area contributed by atoms with Crippen molar-refractivity contribution in [1.29, 1.82) is 0 Å². The first-order chi connectivity index (χ1) is 8.20. The van der Waals surface area contributed by atoms with Gasteiger partial charge in [0.1, 0.15) is 11.6 Å². The van der Waals surface area contributed by atoms with Gasteiger partial charge in [-0.05, 0) is 43.3 Å². The molecule has 0 unspecified atom stereocenters. The van der Waals surface area contributed by atoms with Crippen LogP contribution >= 0.6 is 11.6 Å². The number of nitrogens with zero attached hydrogens (tertiary/aromatic N) is 2. The van der Waals surface area contributed by atoms with Gasteiger partial charge in [-0.1, -0.05) is 11.6 Å². The van der Waals surface area contributed by atoms with Crippen molar-refractivity contribution in [3.63, 3.8) is 0 Å². The predicted octanol–water partition coefficient (Wildman–Crippen LogP) is 4.03. The second-order valence-corrected chi connectivity index (χ2v) is 3.99. The average Bonchev–Trinajstić information content (AvgIpc) is 2.35. The molecule has 0 atom stereocenters. The Morgan fingerprint density at radius 3 is 2.41 bits per heavy atom. The summed E-state index contributed by atoms with van der Waals surface area (Å²) in [4.78, 5) is 6.23. The van der Waals surface area contributed by atoms with Crippen molar-refractivity contribution >= 4 is 23.1 Å². The molecule has 1 aromatic carbocycles. The van der Waals surface area contributed by atoms with Gasteiger partial charge in [-0.3, -0.25) is 0 Å². The van der Waals surface area contributed by atoms with Gasteiger partial charge in [0.25, 0.3) is 0 Å². The molecule has 2 nitrogen and oxygen atoms in total. The topological polar surface area (TPSA) is 16.1 Å². The molecule has 0 N–H and O–H groups in total. The summed E-state index contributed by atoms with van der Waals surface area (Å²) in [6.45, 7) is 2.76. The third kappa shape index (κ3) is 2.74. The number of hydrogen-bond acceptors (Lipinski definition) is 2. The largest absolute Gasteiger partial charge is 0.327 e. The highest BCUT2D eigenvalue weighted by Crippen LogP contribution is 2.24. The van der Waals surface area contributed by atoms with Crippen molar-refractivity contribution in [3.8, 4) is 0 Å². The Kier molecular flexibility index (Phi) is 3.59. The van der Waals surface area contributed by atoms with E-state index >= 15 is 0 Å². The Hall–Kier alpha value is -1.61. The van der Waals surface area contributed by atoms with Gasteiger partial charge in [-0.2, -0.15) is 0 Å². The number of aromatic nitrogens is 1. The highest BCUT2D eigenvalue weighted by Gasteiger charge is 2.08. The maximum atomic E-state index is 12.9. The summed E-state index contributed by atoms with van der Waals surface area (Å²) in [6.07, 6.45) is 1.60. The van der Waals surface area contributed by atoms with Gasteiger partial charge in [0.2, 0.25) is 0 Å². The number of benzene rings is 1. The van der Waals surface area contributed by atoms with E-state index < -0.39 is 0 Å². The molecule has 2 rings (SSSR count). The second kappa shape index (κ2) is 5.15. The van der Waals surface area contributed by atoms with Crippen LogP contribution < -0.4 is 4.90 Å². The molecule has 2 aromatic rings. The lowest BCUT2D eigenvalue weighted by molar-refractivity contribution is 0.628. The number of pyridine rings is 1. The first-order valence-corrected chi connectivity index (χ1v) is 5.73. The van der Waals surface area contributed by atoms with Crippen LogP contribution in [0.2, 0.25) is 5.02 Å². The molecular formula is C13H12ClFN2. The summed E-state index contributed by atoms with van der Waals surface area (Å²) in [6, 6.07) is 9.97. The number of rotatable bonds is 3. The first-order valence-electron chi connectivity index (χ1n) is 5.35. The molecule has 0 aliphatic carbocycles. The Labute approximate surface area is 105 Å². The molecule has 0 fully saturated rings. The van der Waals surface area contributed by atoms with E-state index in [0.29, 0.717) is 5.02 Å². The van der Waals surface area contributed by atoms with Gasteiger partial charge in [-0.25, -0.2) is 9.37 Å². The van der Waals surface area contributed by atoms with Crippen LogP contribution in [0.4, 0.5) is 15.9 Å². The highest BCUT2D eigenvalue weighted by atomic mass is 35.5. The fourth-order valence-corrected chi connectivity index (χ4v) is 1.74. The molecule has 0 saturated heterocycles. The van der Waals surface area contributed by atoms with Gasteiger partial charge < -0.3 is 4.90 Å². The average molecular weight is 251 g/mol. The minimum atomic E-state index is -0.242. The molecule has 0 amide bonds. The molecule has 0 aliphatic rings. The minimum Gasteiger partial charge on any atom is -0.327 e. The van der Waals surface area contributed by atoms with E-state index in [0.717, 1.165) is 18.1 Å². The van der Waals surface area contributed by atoms with Crippen molar-refractivity contribution in [3.05, 3.63) is 53.4 Å². The lowest BCUT2D eigenvalue weighted by Gasteiger charge is -2.21. The first kappa shape index (κ1) is 11.9. The molecule has 1 heterocycles. The van der Waals surface area contributed by atoms with E-state index in [4.69, 9.17) is 11.6 Å². The maximum absolute atomic E-state index is 12.9. The molecule has 1 aromatic heterocycles. The van der Waals surface area contributed by atoms with Crippen LogP contribution in [0.5, 0.6) is 0 Å². The summed E-state index contributed by atoms with van der Waals surface area (Å²) in [5.41, 5.74) is 0.906. The van der Waals surface area contributed by atoms with E-state index in [1.807, 2.05) is 17.9 Å². The maximum Gasteiger partial charge on any atom is 0.133 e. The zero-order chi connectivity index (χ0) is 12.3. The van der Waals surface area contributed by atoms with Gasteiger partial charge >= 0.3 is 0 Å². The van der Waals surface area contributed by atoms with Crippen molar-refractivity contribution < 1.29 is 4.39 Å². The Bertz CT molecular complexity index is 436. The van der Waals surface area contributed by atoms with Gasteiger partial charge in [0.15, 0.2) is 0 Å². The van der Waals surface area contributed by atoms with Gasteiger partial charge in [-0.15, -0.1) is 0 Å². The summed E-state index contributed by atoms with van der Waals surface area (Å²) in [7, 11) is 0. The van der Waals surface area contributed by atoms with Gasteiger partial charge in [0.05, 0.1) is 5.02 Å². The molecule has 0 radical (unpaired) electrons. The SMILES string of the molecule is CCN(c1ccc(F)cc1)c1ccc(Cl)cn1. The van der Waals surface area contributed by atoms with E-state index in [9.17, 15) is 4.39 Å². The molecule has 0 bridgehead atoms. The van der Waals surface area contributed by atoms with Crippen molar-refractivity contribution in [1.82, 2.24) is 4.98 Å². The monoisotopic (exact) mass is 250 g/mol. The molecule has 0 saturated carbocycles. The molecule has 88 valence electrons. The lowest BCUT2D eigenvalue weighted by Crippen LogP contribution is -2.17. The normalized spacial score (nSPS) is 10.3. The fourth-order valence-electron chi connectivity index (χ4n) is 1.63. The zero-order valence-electron chi connectivity index (χ0n) is 9.40. The lowest BCUT2D eigenvalue weighted by atomic mass is 10.2. The van der Waals surface area contributed by atoms with Crippen LogP contribution in [-0.2, 0) is 0 Å². The van der Waals surface area contributed by atoms with Gasteiger partial charge in [0, 0.05) is 18.4 Å². The third-order valence-electron chi connectivity index (χ3n) is 2.44. The molecule has 0 aliphatic heterocycles. The van der Waals surface area contributed by atoms with Crippen molar-refractivity contribution in [2.75, 3.05) is 11.4 Å². The number of hydrogen-bond donors (Lipinski definition) is 0. The predicted molar refractivity (Wildman–Crippen MR) is 68.3 cm³/mol. The summed E-state index contributed by atoms with van der Waals surface area (Å²) < 4.78 is 12.9. The van der Waals surface area contributed by atoms with Crippen LogP contribution in [0, 0.1) is 5.82 Å². The van der Waals surface area contributed by atoms with Crippen molar-refractivity contribution in [2.24, 2.45) is 0 Å². The summed E-state index contributed by atoms with van der Waals surface area (Å²) >= 11 is 5.80. The van der Waals surface area contributed by atoms with Crippen LogP contribution in [0.15, 0.2) is 42.6 Å². The third-order valence-corrected chi connectivity index (χ3v) is 2.67. The number of halogens is 2. The van der Waals surface area contributed by atoms with E-state index in [2.05, 4.69) is 4.98 Å². The molecule has 4 heteroatoms. The zero-order valence-corrected chi connectivity index (χ0v) is 10.2. The van der Waals surface area contributed by atoms with Crippen LogP contribution in [0.1, 0.15) is 6.92 Å². The fraction of sp³-hybridized carbons (Fsp3) is 0.154. The summed E-state index contributed by atoms with van der Waals surface area (Å²) in [5, 5.41) is 0.601. The smallest absolute Gasteiger partial charge is 0.133 e. The van der Waals surface area contributed by atoms with Crippen LogP contribution in [0.3, 0.4) is 0 Å². The Morgan fingerprint density at radius 1 is 1.18 bits per heavy atom. The second-order valence-electron chi connectivity index (χ2n) is 3.56. The standard InChI is InChI=1S/C13H12ClFN2/c1-2-17(12-6-4-11(15)5-7-12)13-8-3-10(14)9-16-13/h3-9H,2H2,1H3. The van der Waals surface area contributed by atoms with E-state index in [1.54, 1.807) is 24.4 Å². The molecule has 0 spiro atoms. The Morgan fingerprint density at radius 2 is 1.88 bits per heavy atom. The van der Waals surface area contributed by atoms with Crippen molar-refractivity contribution in [2.45, 2.75) is 6.92 Å². The quantitative estimate of drug-likeness (QED) is 0.818. The molecule has 17 heavy (non-hydrogen) atoms. The van der Waals surface area contributed by atoms with Crippen LogP contribution in [0.25, 0.3) is 0 Å². The van der Waals surface area contributed by atoms with Crippen LogP contribution in [-0.4, -0.2) is 11.5 Å². The number of anilines is 2. The molecular weight excluding hydrogens is 239 g/mol. The summed E-state index contributed by atoms with van der Waals surface area (Å²) in [5.74, 6) is 0.553. The Balaban J connectivity index is 2.33. The highest BCUT2D eigenvalue weighted by molar-refractivity contribution is 6.30. The minimum absolute atomic E-state index is 0.242. The van der Waals surface area contributed by atoms with E-state index in [-0.39, 0.29) is 5.82 Å².